The van der Waals surface area contributed by atoms with E-state index in [4.69, 9.17) is 0 Å². The minimum atomic E-state index is -0.0389. The van der Waals surface area contributed by atoms with Crippen LogP contribution in [-0.4, -0.2) is 49.4 Å². The lowest BCUT2D eigenvalue weighted by Crippen LogP contribution is -2.40. The second-order valence-electron chi connectivity index (χ2n) is 8.42. The molecule has 4 rings (SSSR count). The van der Waals surface area contributed by atoms with Crippen molar-refractivity contribution in [3.05, 3.63) is 45.4 Å². The minimum Gasteiger partial charge on any atom is -0.343 e. The summed E-state index contributed by atoms with van der Waals surface area (Å²) in [6.07, 6.45) is 10.3. The molecule has 0 unspecified atom stereocenters. The summed E-state index contributed by atoms with van der Waals surface area (Å²) in [7, 11) is 1.80. The largest absolute Gasteiger partial charge is 0.343 e. The summed E-state index contributed by atoms with van der Waals surface area (Å²) in [6, 6.07) is 0. The van der Waals surface area contributed by atoms with Gasteiger partial charge < -0.3 is 9.88 Å². The number of H-pyrrole nitrogens is 1. The molecule has 2 aromatic rings. The van der Waals surface area contributed by atoms with Gasteiger partial charge >= 0.3 is 0 Å². The maximum Gasteiger partial charge on any atom is 0.254 e. The SMILES string of the molecule is Cn1cc(C(=O)C2CCN(C(=O)CCCc3nc4c(c(=O)[nH]3)CCCC4)CC2)cn1. The molecule has 8 heteroatoms. The van der Waals surface area contributed by atoms with Crippen LogP contribution in [0.5, 0.6) is 0 Å². The number of carbonyl (C=O) groups excluding carboxylic acids is 2. The van der Waals surface area contributed by atoms with Gasteiger partial charge in [0, 0.05) is 50.7 Å². The maximum atomic E-state index is 12.6. The average Bonchev–Trinajstić information content (AvgIpc) is 3.19. The minimum absolute atomic E-state index is 0.0126. The van der Waals surface area contributed by atoms with Crippen molar-refractivity contribution >= 4 is 11.7 Å². The van der Waals surface area contributed by atoms with Gasteiger partial charge in [-0.1, -0.05) is 0 Å². The summed E-state index contributed by atoms with van der Waals surface area (Å²) in [6.45, 7) is 1.23. The molecular weight excluding hydrogens is 382 g/mol. The number of hydrogen-bond donors (Lipinski definition) is 1. The fourth-order valence-electron chi connectivity index (χ4n) is 4.51. The van der Waals surface area contributed by atoms with Crippen LogP contribution >= 0.6 is 0 Å². The van der Waals surface area contributed by atoms with E-state index in [1.54, 1.807) is 24.1 Å². The van der Waals surface area contributed by atoms with E-state index in [-0.39, 0.29) is 23.2 Å². The summed E-state index contributed by atoms with van der Waals surface area (Å²) >= 11 is 0. The lowest BCUT2D eigenvalue weighted by atomic mass is 9.90. The molecular formula is C22H29N5O3. The Morgan fingerprint density at radius 3 is 2.70 bits per heavy atom. The van der Waals surface area contributed by atoms with Gasteiger partial charge in [0.1, 0.15) is 5.82 Å². The number of fused-ring (bicyclic) bond motifs is 1. The van der Waals surface area contributed by atoms with E-state index in [1.165, 1.54) is 0 Å². The third-order valence-electron chi connectivity index (χ3n) is 6.25. The first kappa shape index (κ1) is 20.5. The molecule has 1 amide bonds. The molecule has 1 saturated heterocycles. The lowest BCUT2D eigenvalue weighted by Gasteiger charge is -2.31. The molecule has 8 nitrogen and oxygen atoms in total. The van der Waals surface area contributed by atoms with Gasteiger partial charge in [0.2, 0.25) is 5.91 Å². The predicted octanol–water partition coefficient (Wildman–Crippen LogP) is 1.83. The van der Waals surface area contributed by atoms with Crippen LogP contribution in [0.15, 0.2) is 17.2 Å². The monoisotopic (exact) mass is 411 g/mol. The number of likely N-dealkylation sites (tertiary alicyclic amines) is 1. The van der Waals surface area contributed by atoms with Gasteiger partial charge in [-0.15, -0.1) is 0 Å². The van der Waals surface area contributed by atoms with Crippen molar-refractivity contribution in [3.63, 3.8) is 0 Å². The fourth-order valence-corrected chi connectivity index (χ4v) is 4.51. The zero-order valence-electron chi connectivity index (χ0n) is 17.5. The van der Waals surface area contributed by atoms with E-state index in [9.17, 15) is 14.4 Å². The van der Waals surface area contributed by atoms with Crippen LogP contribution in [0.3, 0.4) is 0 Å². The predicted molar refractivity (Wildman–Crippen MR) is 111 cm³/mol. The van der Waals surface area contributed by atoms with Gasteiger partial charge in [-0.3, -0.25) is 19.1 Å². The summed E-state index contributed by atoms with van der Waals surface area (Å²) in [5.74, 6) is 0.887. The van der Waals surface area contributed by atoms with Crippen LogP contribution in [-0.2, 0) is 31.1 Å². The number of aromatic nitrogens is 4. The van der Waals surface area contributed by atoms with Crippen molar-refractivity contribution in [2.24, 2.45) is 13.0 Å². The molecule has 1 aliphatic heterocycles. The van der Waals surface area contributed by atoms with Gasteiger partial charge in [0.05, 0.1) is 17.5 Å². The van der Waals surface area contributed by atoms with Gasteiger partial charge in [0.25, 0.3) is 5.56 Å². The highest BCUT2D eigenvalue weighted by molar-refractivity contribution is 5.97. The van der Waals surface area contributed by atoms with Crippen molar-refractivity contribution in [3.8, 4) is 0 Å². The van der Waals surface area contributed by atoms with E-state index in [1.807, 2.05) is 4.90 Å². The molecule has 0 bridgehead atoms. The van der Waals surface area contributed by atoms with E-state index in [0.717, 1.165) is 36.9 Å². The smallest absolute Gasteiger partial charge is 0.254 e. The Bertz CT molecular complexity index is 985. The Morgan fingerprint density at radius 1 is 1.20 bits per heavy atom. The van der Waals surface area contributed by atoms with Crippen molar-refractivity contribution in [1.82, 2.24) is 24.6 Å². The van der Waals surface area contributed by atoms with Crippen molar-refractivity contribution in [2.75, 3.05) is 13.1 Å². The molecule has 0 spiro atoms. The number of aromatic amines is 1. The number of amides is 1. The Hall–Kier alpha value is -2.77. The van der Waals surface area contributed by atoms with Gasteiger partial charge in [-0.25, -0.2) is 4.98 Å². The molecule has 0 saturated carbocycles. The summed E-state index contributed by atoms with van der Waals surface area (Å²) in [5, 5.41) is 4.07. The van der Waals surface area contributed by atoms with E-state index in [2.05, 4.69) is 15.1 Å². The number of nitrogens with one attached hydrogen (secondary N) is 1. The molecule has 2 aliphatic rings. The topological polar surface area (TPSA) is 101 Å². The average molecular weight is 412 g/mol. The molecule has 0 radical (unpaired) electrons. The molecule has 160 valence electrons. The lowest BCUT2D eigenvalue weighted by molar-refractivity contribution is -0.132. The first-order valence-electron chi connectivity index (χ1n) is 10.9. The number of aryl methyl sites for hydroxylation is 3. The highest BCUT2D eigenvalue weighted by atomic mass is 16.2. The number of nitrogens with zero attached hydrogens (tertiary/aromatic N) is 4. The first-order valence-corrected chi connectivity index (χ1v) is 10.9. The van der Waals surface area contributed by atoms with Crippen LogP contribution in [0, 0.1) is 5.92 Å². The molecule has 0 atom stereocenters. The number of carbonyl (C=O) groups is 2. The van der Waals surface area contributed by atoms with E-state index >= 15 is 0 Å². The summed E-state index contributed by atoms with van der Waals surface area (Å²) in [5.41, 5.74) is 2.41. The maximum absolute atomic E-state index is 12.6. The highest BCUT2D eigenvalue weighted by Gasteiger charge is 2.28. The second kappa shape index (κ2) is 8.93. The Balaban J connectivity index is 1.24. The molecule has 1 N–H and O–H groups in total. The highest BCUT2D eigenvalue weighted by Crippen LogP contribution is 2.22. The summed E-state index contributed by atoms with van der Waals surface area (Å²) < 4.78 is 1.64. The third-order valence-corrected chi connectivity index (χ3v) is 6.25. The van der Waals surface area contributed by atoms with Crippen LogP contribution < -0.4 is 5.56 Å². The van der Waals surface area contributed by atoms with Gasteiger partial charge in [0.15, 0.2) is 5.78 Å². The van der Waals surface area contributed by atoms with Crippen LogP contribution in [0.1, 0.15) is 66.0 Å². The molecule has 2 aromatic heterocycles. The Kier molecular flexibility index (Phi) is 6.11. The zero-order valence-corrected chi connectivity index (χ0v) is 17.5. The zero-order chi connectivity index (χ0) is 21.1. The summed E-state index contributed by atoms with van der Waals surface area (Å²) in [4.78, 5) is 46.7. The normalized spacial score (nSPS) is 17.0. The number of ketones is 1. The quantitative estimate of drug-likeness (QED) is 0.731. The number of Topliss-reactive ketones (excluding diaryl/α,β-unsaturated/α-hetero) is 1. The molecule has 0 aromatic carbocycles. The number of piperidine rings is 1. The van der Waals surface area contributed by atoms with Crippen molar-refractivity contribution in [1.29, 1.82) is 0 Å². The van der Waals surface area contributed by atoms with Crippen LogP contribution in [0.4, 0.5) is 0 Å². The Morgan fingerprint density at radius 2 is 1.97 bits per heavy atom. The molecule has 30 heavy (non-hydrogen) atoms. The molecule has 1 fully saturated rings. The van der Waals surface area contributed by atoms with Crippen molar-refractivity contribution < 1.29 is 9.59 Å². The molecule has 3 heterocycles. The van der Waals surface area contributed by atoms with Crippen LogP contribution in [0.25, 0.3) is 0 Å². The van der Waals surface area contributed by atoms with Gasteiger partial charge in [-0.2, -0.15) is 5.10 Å². The third kappa shape index (κ3) is 4.52. The second-order valence-corrected chi connectivity index (χ2v) is 8.42. The van der Waals surface area contributed by atoms with E-state index < -0.39 is 0 Å². The van der Waals surface area contributed by atoms with Crippen molar-refractivity contribution in [2.45, 2.75) is 57.8 Å². The van der Waals surface area contributed by atoms with Gasteiger partial charge in [-0.05, 0) is 44.9 Å². The Labute approximate surface area is 175 Å². The first-order chi connectivity index (χ1) is 14.5. The van der Waals surface area contributed by atoms with E-state index in [0.29, 0.717) is 56.6 Å². The number of rotatable bonds is 6. The van der Waals surface area contributed by atoms with Crippen LogP contribution in [0.2, 0.25) is 0 Å². The molecule has 1 aliphatic carbocycles. The number of hydrogen-bond acceptors (Lipinski definition) is 5. The standard InChI is InChI=1S/C22H29N5O3/c1-26-14-16(13-23-26)21(29)15-9-11-27(12-10-15)20(28)8-4-7-19-24-18-6-3-2-5-17(18)22(30)25-19/h13-15H,2-12H2,1H3,(H,24,25,30). The fraction of sp³-hybridized carbons (Fsp3) is 0.591.